The van der Waals surface area contributed by atoms with Crippen LogP contribution in [0.2, 0.25) is 0 Å². The van der Waals surface area contributed by atoms with Crippen molar-refractivity contribution < 1.29 is 4.74 Å². The Balaban J connectivity index is 2.52. The van der Waals surface area contributed by atoms with Gasteiger partial charge in [-0.05, 0) is 39.6 Å². The van der Waals surface area contributed by atoms with E-state index in [-0.39, 0.29) is 0 Å². The number of nitrogens with zero attached hydrogens (tertiary/aromatic N) is 1. The number of ether oxygens (including phenoxy) is 1. The Hall–Kier alpha value is -1.49. The maximum absolute atomic E-state index is 6.10. The summed E-state index contributed by atoms with van der Waals surface area (Å²) in [6, 6.07) is 5.79. The number of halogens is 1. The van der Waals surface area contributed by atoms with Crippen LogP contribution in [-0.2, 0) is 0 Å². The number of benzene rings is 1. The van der Waals surface area contributed by atoms with E-state index < -0.39 is 0 Å². The van der Waals surface area contributed by atoms with Crippen molar-refractivity contribution >= 4 is 51.2 Å². The molecule has 0 aliphatic heterocycles. The van der Waals surface area contributed by atoms with Crippen LogP contribution in [0, 0.1) is 0 Å². The van der Waals surface area contributed by atoms with Crippen LogP contribution in [0.5, 0.6) is 5.75 Å². The van der Waals surface area contributed by atoms with E-state index in [0.29, 0.717) is 11.2 Å². The molecule has 1 aromatic carbocycles. The van der Waals surface area contributed by atoms with Gasteiger partial charge in [0.15, 0.2) is 0 Å². The summed E-state index contributed by atoms with van der Waals surface area (Å²) in [4.78, 5) is 7.55. The van der Waals surface area contributed by atoms with Crippen molar-refractivity contribution in [2.24, 2.45) is 0 Å². The molecule has 0 unspecified atom stereocenters. The minimum atomic E-state index is 0.635. The molecule has 5 heteroatoms. The van der Waals surface area contributed by atoms with E-state index in [4.69, 9.17) is 12.6 Å². The molecule has 0 aliphatic carbocycles. The second-order valence-electron chi connectivity index (χ2n) is 3.78. The number of fused-ring (bicyclic) bond motifs is 3. The van der Waals surface area contributed by atoms with Gasteiger partial charge in [0.25, 0.3) is 0 Å². The topological polar surface area (TPSA) is 37.9 Å². The fourth-order valence-corrected chi connectivity index (χ4v) is 2.36. The Kier molecular flexibility index (Phi) is 2.36. The molecule has 3 aromatic rings. The molecule has 1 N–H and O–H groups in total. The van der Waals surface area contributed by atoms with Crippen molar-refractivity contribution in [3.63, 3.8) is 0 Å². The summed E-state index contributed by atoms with van der Waals surface area (Å²) < 4.78 is 6.15. The molecule has 0 amide bonds. The van der Waals surface area contributed by atoms with Crippen molar-refractivity contribution in [2.75, 3.05) is 7.11 Å². The summed E-state index contributed by atoms with van der Waals surface area (Å²) in [5, 5.41) is 1.94. The molecular weight excluding hydrogens is 279 g/mol. The van der Waals surface area contributed by atoms with E-state index in [1.807, 2.05) is 18.2 Å². The fourth-order valence-electron chi connectivity index (χ4n) is 2.03. The van der Waals surface area contributed by atoms with Gasteiger partial charge in [-0.15, -0.1) is 0 Å². The molecular formula is C12H8BBrN2O. The molecule has 0 fully saturated rings. The van der Waals surface area contributed by atoms with Crippen molar-refractivity contribution in [1.82, 2.24) is 9.97 Å². The quantitative estimate of drug-likeness (QED) is 0.697. The molecule has 0 saturated heterocycles. The summed E-state index contributed by atoms with van der Waals surface area (Å²) in [6.07, 6.45) is 1.76. The normalized spacial score (nSPS) is 11.2. The van der Waals surface area contributed by atoms with Gasteiger partial charge in [-0.3, -0.25) is 0 Å². The van der Waals surface area contributed by atoms with Gasteiger partial charge in [0, 0.05) is 27.0 Å². The predicted octanol–water partition coefficient (Wildman–Crippen LogP) is 2.28. The molecule has 17 heavy (non-hydrogen) atoms. The van der Waals surface area contributed by atoms with Gasteiger partial charge in [0.2, 0.25) is 0 Å². The zero-order valence-corrected chi connectivity index (χ0v) is 10.7. The molecule has 2 radical (unpaired) electrons. The Morgan fingerprint density at radius 2 is 2.24 bits per heavy atom. The van der Waals surface area contributed by atoms with Crippen molar-refractivity contribution in [3.05, 3.63) is 28.9 Å². The molecule has 2 heterocycles. The SMILES string of the molecule is [B]c1c(OC)ccc2[nH]c3ncc(Br)cc3c12. The second kappa shape index (κ2) is 3.77. The van der Waals surface area contributed by atoms with Crippen LogP contribution in [-0.4, -0.2) is 24.9 Å². The lowest BCUT2D eigenvalue weighted by atomic mass is 9.90. The first-order valence-corrected chi connectivity index (χ1v) is 5.89. The highest BCUT2D eigenvalue weighted by molar-refractivity contribution is 9.10. The number of rotatable bonds is 1. The van der Waals surface area contributed by atoms with Crippen LogP contribution >= 0.6 is 15.9 Å². The zero-order chi connectivity index (χ0) is 12.0. The Morgan fingerprint density at radius 1 is 1.41 bits per heavy atom. The highest BCUT2D eigenvalue weighted by Crippen LogP contribution is 2.27. The number of aromatic amines is 1. The molecule has 82 valence electrons. The molecule has 0 spiro atoms. The monoisotopic (exact) mass is 286 g/mol. The molecule has 0 aliphatic rings. The third kappa shape index (κ3) is 1.53. The van der Waals surface area contributed by atoms with Crippen LogP contribution in [0.1, 0.15) is 0 Å². The lowest BCUT2D eigenvalue weighted by molar-refractivity contribution is 0.418. The van der Waals surface area contributed by atoms with Crippen LogP contribution in [0.25, 0.3) is 21.9 Å². The Morgan fingerprint density at radius 3 is 3.00 bits per heavy atom. The standard InChI is InChI=1S/C12H8BBrN2O/c1-17-9-3-2-8-10(11(9)13)7-4-6(14)5-15-12(7)16-8/h2-5H,1H3,(H,15,16). The minimum Gasteiger partial charge on any atom is -0.497 e. The number of H-pyrrole nitrogens is 1. The Bertz CT molecular complexity index is 723. The number of hydrogen-bond acceptors (Lipinski definition) is 2. The molecule has 3 rings (SSSR count). The average molecular weight is 287 g/mol. The van der Waals surface area contributed by atoms with Gasteiger partial charge in [-0.1, -0.05) is 0 Å². The van der Waals surface area contributed by atoms with E-state index in [9.17, 15) is 0 Å². The van der Waals surface area contributed by atoms with E-state index in [1.54, 1.807) is 13.3 Å². The first-order chi connectivity index (χ1) is 8.20. The zero-order valence-electron chi connectivity index (χ0n) is 9.12. The molecule has 0 atom stereocenters. The maximum Gasteiger partial charge on any atom is 0.138 e. The van der Waals surface area contributed by atoms with E-state index in [1.165, 1.54) is 0 Å². The lowest BCUT2D eigenvalue weighted by Crippen LogP contribution is -2.07. The molecule has 0 saturated carbocycles. The van der Waals surface area contributed by atoms with Crippen LogP contribution in [0.15, 0.2) is 28.9 Å². The van der Waals surface area contributed by atoms with Gasteiger partial charge >= 0.3 is 0 Å². The smallest absolute Gasteiger partial charge is 0.138 e. The third-order valence-electron chi connectivity index (χ3n) is 2.80. The third-order valence-corrected chi connectivity index (χ3v) is 3.24. The highest BCUT2D eigenvalue weighted by atomic mass is 79.9. The van der Waals surface area contributed by atoms with Gasteiger partial charge in [0.05, 0.1) is 7.11 Å². The largest absolute Gasteiger partial charge is 0.497 e. The molecule has 3 nitrogen and oxygen atoms in total. The minimum absolute atomic E-state index is 0.635. The summed E-state index contributed by atoms with van der Waals surface area (Å²) in [6.45, 7) is 0. The first kappa shape index (κ1) is 10.7. The van der Waals surface area contributed by atoms with Gasteiger partial charge < -0.3 is 9.72 Å². The first-order valence-electron chi connectivity index (χ1n) is 5.10. The van der Waals surface area contributed by atoms with Crippen LogP contribution in [0.3, 0.4) is 0 Å². The van der Waals surface area contributed by atoms with Crippen molar-refractivity contribution in [3.8, 4) is 5.75 Å². The maximum atomic E-state index is 6.10. The van der Waals surface area contributed by atoms with Gasteiger partial charge in [-0.2, -0.15) is 0 Å². The van der Waals surface area contributed by atoms with E-state index in [2.05, 4.69) is 25.9 Å². The van der Waals surface area contributed by atoms with Crippen molar-refractivity contribution in [1.29, 1.82) is 0 Å². The Labute approximate surface area is 108 Å². The van der Waals surface area contributed by atoms with Gasteiger partial charge in [-0.25, -0.2) is 4.98 Å². The van der Waals surface area contributed by atoms with E-state index >= 15 is 0 Å². The number of hydrogen-bond donors (Lipinski definition) is 1. The lowest BCUT2D eigenvalue weighted by Gasteiger charge is -2.05. The number of pyridine rings is 1. The number of methoxy groups -OCH3 is 1. The fraction of sp³-hybridized carbons (Fsp3) is 0.0833. The average Bonchev–Trinajstić information content (AvgIpc) is 2.68. The number of nitrogens with one attached hydrogen (secondary N) is 1. The summed E-state index contributed by atoms with van der Waals surface area (Å²) in [7, 11) is 7.71. The van der Waals surface area contributed by atoms with Crippen LogP contribution in [0.4, 0.5) is 0 Å². The van der Waals surface area contributed by atoms with Crippen LogP contribution < -0.4 is 10.2 Å². The van der Waals surface area contributed by atoms with E-state index in [0.717, 1.165) is 26.4 Å². The summed E-state index contributed by atoms with van der Waals surface area (Å²) in [5.41, 5.74) is 2.42. The second-order valence-corrected chi connectivity index (χ2v) is 4.69. The number of aromatic nitrogens is 2. The van der Waals surface area contributed by atoms with Gasteiger partial charge in [0.1, 0.15) is 19.2 Å². The highest BCUT2D eigenvalue weighted by Gasteiger charge is 2.10. The summed E-state index contributed by atoms with van der Waals surface area (Å²) >= 11 is 3.41. The molecule has 2 aromatic heterocycles. The van der Waals surface area contributed by atoms with Crippen molar-refractivity contribution in [2.45, 2.75) is 0 Å². The molecule has 0 bridgehead atoms. The summed E-state index contributed by atoms with van der Waals surface area (Å²) in [5.74, 6) is 0.679. The predicted molar refractivity (Wildman–Crippen MR) is 73.2 cm³/mol.